The molecular formula is C17H23N5O2. The monoisotopic (exact) mass is 329 g/mol. The highest BCUT2D eigenvalue weighted by molar-refractivity contribution is 5.75. The van der Waals surface area contributed by atoms with E-state index in [1.807, 2.05) is 18.3 Å². The maximum atomic E-state index is 12.1. The lowest BCUT2D eigenvalue weighted by molar-refractivity contribution is -0.122. The molecule has 1 aliphatic carbocycles. The van der Waals surface area contributed by atoms with Gasteiger partial charge in [-0.2, -0.15) is 5.10 Å². The zero-order chi connectivity index (χ0) is 16.4. The van der Waals surface area contributed by atoms with Crippen molar-refractivity contribution in [1.29, 1.82) is 0 Å². The van der Waals surface area contributed by atoms with Crippen molar-refractivity contribution in [3.63, 3.8) is 0 Å². The van der Waals surface area contributed by atoms with Gasteiger partial charge >= 0.3 is 0 Å². The summed E-state index contributed by atoms with van der Waals surface area (Å²) in [5.41, 5.74) is 1.85. The van der Waals surface area contributed by atoms with Crippen molar-refractivity contribution in [3.05, 3.63) is 35.5 Å². The maximum Gasteiger partial charge on any atom is 0.242 e. The zero-order valence-corrected chi connectivity index (χ0v) is 13.7. The average molecular weight is 329 g/mol. The van der Waals surface area contributed by atoms with Gasteiger partial charge in [-0.05, 0) is 38.3 Å². The van der Waals surface area contributed by atoms with Crippen LogP contribution in [0.1, 0.15) is 54.7 Å². The summed E-state index contributed by atoms with van der Waals surface area (Å²) in [6.45, 7) is 2.69. The summed E-state index contributed by atoms with van der Waals surface area (Å²) in [4.78, 5) is 12.1. The van der Waals surface area contributed by atoms with E-state index in [1.54, 1.807) is 4.68 Å². The van der Waals surface area contributed by atoms with E-state index >= 15 is 0 Å². The van der Waals surface area contributed by atoms with E-state index in [2.05, 4.69) is 20.9 Å². The van der Waals surface area contributed by atoms with Gasteiger partial charge in [0.05, 0.1) is 12.2 Å². The number of nitrogens with zero attached hydrogens (tertiary/aromatic N) is 3. The molecule has 1 saturated heterocycles. The Morgan fingerprint density at radius 2 is 2.29 bits per heavy atom. The van der Waals surface area contributed by atoms with Crippen LogP contribution in [0.15, 0.2) is 22.9 Å². The summed E-state index contributed by atoms with van der Waals surface area (Å²) in [6, 6.07) is 3.96. The van der Waals surface area contributed by atoms with Gasteiger partial charge in [0.1, 0.15) is 18.0 Å². The third-order valence-corrected chi connectivity index (χ3v) is 4.71. The molecule has 3 heterocycles. The number of hydrogen-bond acceptors (Lipinski definition) is 5. The Kier molecular flexibility index (Phi) is 4.34. The van der Waals surface area contributed by atoms with E-state index in [1.165, 1.54) is 19.3 Å². The van der Waals surface area contributed by atoms with E-state index < -0.39 is 0 Å². The largest absolute Gasteiger partial charge is 0.361 e. The fourth-order valence-corrected chi connectivity index (χ4v) is 3.15. The molecule has 0 unspecified atom stereocenters. The van der Waals surface area contributed by atoms with E-state index in [4.69, 9.17) is 4.52 Å². The molecule has 2 aliphatic rings. The third kappa shape index (κ3) is 3.67. The van der Waals surface area contributed by atoms with Crippen molar-refractivity contribution in [2.75, 3.05) is 13.1 Å². The van der Waals surface area contributed by atoms with E-state index in [-0.39, 0.29) is 12.5 Å². The number of piperidine rings is 1. The molecule has 0 bridgehead atoms. The molecule has 2 aromatic rings. The third-order valence-electron chi connectivity index (χ3n) is 4.71. The fraction of sp³-hybridized carbons (Fsp3) is 0.588. The molecule has 0 spiro atoms. The Labute approximate surface area is 140 Å². The van der Waals surface area contributed by atoms with Gasteiger partial charge in [0.15, 0.2) is 0 Å². The van der Waals surface area contributed by atoms with Gasteiger partial charge < -0.3 is 15.2 Å². The topological polar surface area (TPSA) is 85.0 Å². The second-order valence-electron chi connectivity index (χ2n) is 6.75. The van der Waals surface area contributed by atoms with Gasteiger partial charge in [0.25, 0.3) is 0 Å². The molecule has 2 N–H and O–H groups in total. The van der Waals surface area contributed by atoms with Crippen LogP contribution in [0.4, 0.5) is 0 Å². The number of amides is 1. The van der Waals surface area contributed by atoms with Crippen molar-refractivity contribution in [2.45, 2.75) is 50.6 Å². The lowest BCUT2D eigenvalue weighted by atomic mass is 9.97. The van der Waals surface area contributed by atoms with Crippen molar-refractivity contribution in [2.24, 2.45) is 0 Å². The molecule has 1 aliphatic heterocycles. The molecular weight excluding hydrogens is 306 g/mol. The second-order valence-corrected chi connectivity index (χ2v) is 6.75. The molecule has 1 amide bonds. The molecule has 0 radical (unpaired) electrons. The summed E-state index contributed by atoms with van der Waals surface area (Å²) in [5.74, 6) is 1.87. The number of carbonyl (C=O) groups excluding carboxylic acids is 1. The molecule has 1 saturated carbocycles. The predicted octanol–water partition coefficient (Wildman–Crippen LogP) is 1.53. The first-order chi connectivity index (χ1) is 11.8. The van der Waals surface area contributed by atoms with Gasteiger partial charge in [0.2, 0.25) is 5.91 Å². The summed E-state index contributed by atoms with van der Waals surface area (Å²) < 4.78 is 6.99. The number of aromatic nitrogens is 3. The Balaban J connectivity index is 1.26. The molecule has 128 valence electrons. The summed E-state index contributed by atoms with van der Waals surface area (Å²) >= 11 is 0. The van der Waals surface area contributed by atoms with Crippen LogP contribution >= 0.6 is 0 Å². The smallest absolute Gasteiger partial charge is 0.242 e. The standard InChI is InChI=1S/C17H23N5O2/c23-17(19-10-14-8-16(24-21-14)12-3-4-12)11-22-7-5-15(20-22)13-2-1-6-18-9-13/h5,7-8,12-13,18H,1-4,6,9-11H2,(H,19,23)/t13-/m0/s1. The molecule has 24 heavy (non-hydrogen) atoms. The SMILES string of the molecule is O=C(Cn1ccc([C@H]2CCCNC2)n1)NCc1cc(C2CC2)on1. The summed E-state index contributed by atoms with van der Waals surface area (Å²) in [5, 5.41) is 14.8. The molecule has 2 aromatic heterocycles. The molecule has 2 fully saturated rings. The van der Waals surface area contributed by atoms with Gasteiger partial charge in [-0.25, -0.2) is 0 Å². The highest BCUT2D eigenvalue weighted by Gasteiger charge is 2.27. The van der Waals surface area contributed by atoms with Crippen molar-refractivity contribution >= 4 is 5.91 Å². The minimum Gasteiger partial charge on any atom is -0.361 e. The predicted molar refractivity (Wildman–Crippen MR) is 87.4 cm³/mol. The summed E-state index contributed by atoms with van der Waals surface area (Å²) in [7, 11) is 0. The van der Waals surface area contributed by atoms with Gasteiger partial charge in [-0.3, -0.25) is 9.48 Å². The highest BCUT2D eigenvalue weighted by Crippen LogP contribution is 2.40. The number of hydrogen-bond donors (Lipinski definition) is 2. The van der Waals surface area contributed by atoms with Crippen LogP contribution < -0.4 is 10.6 Å². The minimum atomic E-state index is -0.0672. The maximum absolute atomic E-state index is 12.1. The van der Waals surface area contributed by atoms with Crippen LogP contribution in [0.2, 0.25) is 0 Å². The molecule has 4 rings (SSSR count). The van der Waals surface area contributed by atoms with E-state index in [9.17, 15) is 4.79 Å². The second kappa shape index (κ2) is 6.76. The molecule has 7 heteroatoms. The van der Waals surface area contributed by atoms with Crippen LogP contribution in [0.25, 0.3) is 0 Å². The lowest BCUT2D eigenvalue weighted by Gasteiger charge is -2.20. The van der Waals surface area contributed by atoms with Crippen LogP contribution in [0.3, 0.4) is 0 Å². The van der Waals surface area contributed by atoms with Gasteiger partial charge in [0, 0.05) is 30.6 Å². The number of carbonyl (C=O) groups is 1. The molecule has 7 nitrogen and oxygen atoms in total. The van der Waals surface area contributed by atoms with Gasteiger partial charge in [-0.1, -0.05) is 5.16 Å². The molecule has 0 aromatic carbocycles. The molecule has 1 atom stereocenters. The first kappa shape index (κ1) is 15.4. The van der Waals surface area contributed by atoms with Crippen molar-refractivity contribution in [3.8, 4) is 0 Å². The Morgan fingerprint density at radius 3 is 3.08 bits per heavy atom. The van der Waals surface area contributed by atoms with Crippen LogP contribution in [-0.4, -0.2) is 33.9 Å². The Hall–Kier alpha value is -2.15. The van der Waals surface area contributed by atoms with Crippen molar-refractivity contribution < 1.29 is 9.32 Å². The average Bonchev–Trinajstić information content (AvgIpc) is 3.17. The normalized spacial score (nSPS) is 20.9. The van der Waals surface area contributed by atoms with E-state index in [0.717, 1.165) is 36.7 Å². The number of nitrogens with one attached hydrogen (secondary N) is 2. The van der Waals surface area contributed by atoms with Crippen LogP contribution in [-0.2, 0) is 17.9 Å². The lowest BCUT2D eigenvalue weighted by Crippen LogP contribution is -2.29. The van der Waals surface area contributed by atoms with Crippen LogP contribution in [0.5, 0.6) is 0 Å². The first-order valence-corrected chi connectivity index (χ1v) is 8.74. The highest BCUT2D eigenvalue weighted by atomic mass is 16.5. The Bertz CT molecular complexity index is 697. The first-order valence-electron chi connectivity index (χ1n) is 8.74. The van der Waals surface area contributed by atoms with E-state index in [0.29, 0.717) is 18.4 Å². The zero-order valence-electron chi connectivity index (χ0n) is 13.7. The van der Waals surface area contributed by atoms with Crippen molar-refractivity contribution in [1.82, 2.24) is 25.6 Å². The Morgan fingerprint density at radius 1 is 1.38 bits per heavy atom. The fourth-order valence-electron chi connectivity index (χ4n) is 3.15. The summed E-state index contributed by atoms with van der Waals surface area (Å²) in [6.07, 6.45) is 6.58. The minimum absolute atomic E-state index is 0.0672. The van der Waals surface area contributed by atoms with Gasteiger partial charge in [-0.15, -0.1) is 0 Å². The number of rotatable bonds is 6. The van der Waals surface area contributed by atoms with Crippen LogP contribution in [0, 0.1) is 0 Å². The quantitative estimate of drug-likeness (QED) is 0.839.